The first-order valence-corrected chi connectivity index (χ1v) is 7.33. The van der Waals surface area contributed by atoms with Crippen LogP contribution in [0.3, 0.4) is 0 Å². The highest BCUT2D eigenvalue weighted by Crippen LogP contribution is 2.38. The average Bonchev–Trinajstić information content (AvgIpc) is 2.46. The fourth-order valence-electron chi connectivity index (χ4n) is 3.07. The first kappa shape index (κ1) is 11.9. The molecule has 0 unspecified atom stereocenters. The molecule has 0 bridgehead atoms. The van der Waals surface area contributed by atoms with Gasteiger partial charge in [0.25, 0.3) is 0 Å². The summed E-state index contributed by atoms with van der Waals surface area (Å²) in [7, 11) is 0. The molecule has 0 spiro atoms. The van der Waals surface area contributed by atoms with Crippen molar-refractivity contribution in [1.82, 2.24) is 0 Å². The summed E-state index contributed by atoms with van der Waals surface area (Å²) in [6.07, 6.45) is 0. The molecule has 1 nitrogen and oxygen atoms in total. The van der Waals surface area contributed by atoms with Gasteiger partial charge in [-0.3, -0.25) is 4.79 Å². The molecule has 0 radical (unpaired) electrons. The fraction of sp³-hybridized carbons (Fsp3) is 0.0556. The van der Waals surface area contributed by atoms with E-state index in [1.165, 1.54) is 26.9 Å². The van der Waals surface area contributed by atoms with Crippen LogP contribution < -0.4 is 0 Å². The molecule has 0 saturated carbocycles. The van der Waals surface area contributed by atoms with Gasteiger partial charge in [0, 0.05) is 10.0 Å². The van der Waals surface area contributed by atoms with E-state index in [0.717, 1.165) is 15.4 Å². The number of rotatable bonds is 1. The lowest BCUT2D eigenvalue weighted by Gasteiger charge is -2.13. The van der Waals surface area contributed by atoms with E-state index in [0.29, 0.717) is 0 Å². The Morgan fingerprint density at radius 3 is 2.05 bits per heavy atom. The SMILES string of the molecule is CC(=O)c1ccc2ccc3c(Br)ccc4ccc1c2c43. The average molecular weight is 323 g/mol. The van der Waals surface area contributed by atoms with Gasteiger partial charge in [0.1, 0.15) is 0 Å². The molecule has 0 aliphatic heterocycles. The van der Waals surface area contributed by atoms with E-state index in [2.05, 4.69) is 52.3 Å². The van der Waals surface area contributed by atoms with Gasteiger partial charge in [-0.05, 0) is 45.3 Å². The Kier molecular flexibility index (Phi) is 2.39. The third-order valence-corrected chi connectivity index (χ3v) is 4.68. The molecule has 0 heterocycles. The van der Waals surface area contributed by atoms with Crippen LogP contribution in [0.1, 0.15) is 17.3 Å². The zero-order valence-corrected chi connectivity index (χ0v) is 12.5. The molecule has 0 aromatic heterocycles. The number of hydrogen-bond acceptors (Lipinski definition) is 1. The highest BCUT2D eigenvalue weighted by molar-refractivity contribution is 9.10. The number of hydrogen-bond donors (Lipinski definition) is 0. The Bertz CT molecular complexity index is 985. The lowest BCUT2D eigenvalue weighted by molar-refractivity contribution is 0.101. The van der Waals surface area contributed by atoms with Crippen LogP contribution in [0.2, 0.25) is 0 Å². The molecule has 4 aromatic rings. The van der Waals surface area contributed by atoms with Crippen molar-refractivity contribution in [1.29, 1.82) is 0 Å². The lowest BCUT2D eigenvalue weighted by Crippen LogP contribution is -1.95. The van der Waals surface area contributed by atoms with Crippen LogP contribution in [0.25, 0.3) is 32.3 Å². The predicted octanol–water partition coefficient (Wildman–Crippen LogP) is 5.55. The van der Waals surface area contributed by atoms with E-state index in [-0.39, 0.29) is 5.78 Å². The van der Waals surface area contributed by atoms with Crippen molar-refractivity contribution in [2.75, 3.05) is 0 Å². The van der Waals surface area contributed by atoms with Gasteiger partial charge in [-0.2, -0.15) is 0 Å². The molecule has 2 heteroatoms. The smallest absolute Gasteiger partial charge is 0.160 e. The van der Waals surface area contributed by atoms with Crippen LogP contribution in [0.15, 0.2) is 53.0 Å². The maximum atomic E-state index is 11.8. The van der Waals surface area contributed by atoms with Crippen LogP contribution in [0.4, 0.5) is 0 Å². The topological polar surface area (TPSA) is 17.1 Å². The monoisotopic (exact) mass is 322 g/mol. The first-order chi connectivity index (χ1) is 9.66. The number of Topliss-reactive ketones (excluding diaryl/α,β-unsaturated/α-hetero) is 1. The number of carbonyl (C=O) groups is 1. The summed E-state index contributed by atoms with van der Waals surface area (Å²) >= 11 is 3.62. The minimum Gasteiger partial charge on any atom is -0.294 e. The summed E-state index contributed by atoms with van der Waals surface area (Å²) in [5.41, 5.74) is 0.798. The van der Waals surface area contributed by atoms with Crippen molar-refractivity contribution in [2.24, 2.45) is 0 Å². The van der Waals surface area contributed by atoms with Crippen molar-refractivity contribution in [3.63, 3.8) is 0 Å². The number of carbonyl (C=O) groups excluding carboxylic acids is 1. The number of benzene rings is 4. The van der Waals surface area contributed by atoms with Gasteiger partial charge in [-0.1, -0.05) is 58.4 Å². The van der Waals surface area contributed by atoms with Gasteiger partial charge in [-0.25, -0.2) is 0 Å². The molecule has 0 aliphatic carbocycles. The normalized spacial score (nSPS) is 11.7. The molecule has 0 aliphatic rings. The van der Waals surface area contributed by atoms with E-state index >= 15 is 0 Å². The highest BCUT2D eigenvalue weighted by Gasteiger charge is 2.13. The standard InChI is InChI=1S/C18H11BrO/c1-10(20)13-6-2-11-4-8-15-16(19)9-5-12-3-7-14(13)17(11)18(12)15/h2-9H,1H3. The predicted molar refractivity (Wildman–Crippen MR) is 87.9 cm³/mol. The van der Waals surface area contributed by atoms with E-state index in [1.54, 1.807) is 6.92 Å². The van der Waals surface area contributed by atoms with E-state index in [4.69, 9.17) is 0 Å². The highest BCUT2D eigenvalue weighted by atomic mass is 79.9. The maximum Gasteiger partial charge on any atom is 0.160 e. The molecule has 0 N–H and O–H groups in total. The Balaban J connectivity index is 2.38. The van der Waals surface area contributed by atoms with Gasteiger partial charge in [0.2, 0.25) is 0 Å². The molecule has 0 atom stereocenters. The Hall–Kier alpha value is -1.93. The second-order valence-corrected chi connectivity index (χ2v) is 5.99. The van der Waals surface area contributed by atoms with E-state index < -0.39 is 0 Å². The number of halogens is 1. The van der Waals surface area contributed by atoms with Crippen LogP contribution in [-0.4, -0.2) is 5.78 Å². The molecule has 4 rings (SSSR count). The minimum atomic E-state index is 0.113. The Morgan fingerprint density at radius 1 is 0.800 bits per heavy atom. The molecule has 0 amide bonds. The van der Waals surface area contributed by atoms with Gasteiger partial charge >= 0.3 is 0 Å². The molecule has 0 saturated heterocycles. The summed E-state index contributed by atoms with van der Waals surface area (Å²) in [5, 5.41) is 7.06. The second-order valence-electron chi connectivity index (χ2n) is 5.14. The second kappa shape index (κ2) is 4.03. The van der Waals surface area contributed by atoms with Crippen LogP contribution in [0, 0.1) is 0 Å². The van der Waals surface area contributed by atoms with Crippen molar-refractivity contribution < 1.29 is 4.79 Å². The lowest BCUT2D eigenvalue weighted by atomic mass is 9.91. The molecule has 4 aromatic carbocycles. The van der Waals surface area contributed by atoms with Crippen LogP contribution >= 0.6 is 15.9 Å². The Labute approximate surface area is 124 Å². The van der Waals surface area contributed by atoms with Crippen molar-refractivity contribution >= 4 is 54.0 Å². The quantitative estimate of drug-likeness (QED) is 0.331. The van der Waals surface area contributed by atoms with Crippen molar-refractivity contribution in [2.45, 2.75) is 6.92 Å². The third-order valence-electron chi connectivity index (χ3n) is 3.99. The summed E-state index contributed by atoms with van der Waals surface area (Å²) < 4.78 is 1.09. The minimum absolute atomic E-state index is 0.113. The van der Waals surface area contributed by atoms with Crippen molar-refractivity contribution in [3.8, 4) is 0 Å². The third kappa shape index (κ3) is 1.46. The summed E-state index contributed by atoms with van der Waals surface area (Å²) in [6, 6.07) is 16.6. The number of ketones is 1. The largest absolute Gasteiger partial charge is 0.294 e. The van der Waals surface area contributed by atoms with Gasteiger partial charge in [-0.15, -0.1) is 0 Å². The molecular weight excluding hydrogens is 312 g/mol. The van der Waals surface area contributed by atoms with Crippen molar-refractivity contribution in [3.05, 3.63) is 58.6 Å². The summed E-state index contributed by atoms with van der Waals surface area (Å²) in [4.78, 5) is 11.8. The maximum absolute atomic E-state index is 11.8. The van der Waals surface area contributed by atoms with Crippen LogP contribution in [-0.2, 0) is 0 Å². The molecule has 96 valence electrons. The zero-order valence-electron chi connectivity index (χ0n) is 10.9. The zero-order chi connectivity index (χ0) is 13.9. The Morgan fingerprint density at radius 2 is 1.35 bits per heavy atom. The summed E-state index contributed by atoms with van der Waals surface area (Å²) in [5.74, 6) is 0.113. The van der Waals surface area contributed by atoms with E-state index in [9.17, 15) is 4.79 Å². The molecule has 20 heavy (non-hydrogen) atoms. The fourth-order valence-corrected chi connectivity index (χ4v) is 3.54. The van der Waals surface area contributed by atoms with Gasteiger partial charge in [0.15, 0.2) is 5.78 Å². The molecular formula is C18H11BrO. The van der Waals surface area contributed by atoms with Gasteiger partial charge in [0.05, 0.1) is 0 Å². The van der Waals surface area contributed by atoms with E-state index in [1.807, 2.05) is 12.1 Å². The first-order valence-electron chi connectivity index (χ1n) is 6.54. The molecule has 0 fully saturated rings. The van der Waals surface area contributed by atoms with Crippen LogP contribution in [0.5, 0.6) is 0 Å². The van der Waals surface area contributed by atoms with Gasteiger partial charge < -0.3 is 0 Å². The summed E-state index contributed by atoms with van der Waals surface area (Å²) in [6.45, 7) is 1.63.